The maximum atomic E-state index is 12.2. The Hall–Kier alpha value is -0.620. The van der Waals surface area contributed by atoms with Gasteiger partial charge in [-0.3, -0.25) is 9.79 Å². The first-order valence-electron chi connectivity index (χ1n) is 9.13. The summed E-state index contributed by atoms with van der Waals surface area (Å²) in [6.45, 7) is 8.76. The van der Waals surface area contributed by atoms with Crippen LogP contribution in [0.3, 0.4) is 0 Å². The predicted molar refractivity (Wildman–Crippen MR) is 117 cm³/mol. The number of sulfonamides is 1. The first-order valence-corrected chi connectivity index (χ1v) is 11.0. The molecule has 2 heterocycles. The monoisotopic (exact) mass is 516 g/mol. The van der Waals surface area contributed by atoms with Crippen molar-refractivity contribution >= 4 is 45.9 Å². The predicted octanol–water partition coefficient (Wildman–Crippen LogP) is 1.12. The summed E-state index contributed by atoms with van der Waals surface area (Å²) in [7, 11) is -1.39. The van der Waals surface area contributed by atoms with Crippen LogP contribution in [-0.4, -0.2) is 81.2 Å². The molecule has 0 saturated carbocycles. The molecule has 0 bridgehead atoms. The molecule has 2 unspecified atom stereocenters. The Labute approximate surface area is 180 Å². The second-order valence-electron chi connectivity index (χ2n) is 8.17. The lowest BCUT2D eigenvalue weighted by molar-refractivity contribution is -0.159. The van der Waals surface area contributed by atoms with Crippen LogP contribution in [0.25, 0.3) is 0 Å². The van der Waals surface area contributed by atoms with Gasteiger partial charge in [0.1, 0.15) is 5.60 Å². The average Bonchev–Trinajstić information content (AvgIpc) is 3.14. The van der Waals surface area contributed by atoms with Crippen molar-refractivity contribution < 1.29 is 17.9 Å². The molecule has 1 N–H and O–H groups in total. The van der Waals surface area contributed by atoms with Gasteiger partial charge in [-0.2, -0.15) is 0 Å². The molecule has 0 aromatic carbocycles. The lowest BCUT2D eigenvalue weighted by Crippen LogP contribution is -2.43. The highest BCUT2D eigenvalue weighted by atomic mass is 127. The van der Waals surface area contributed by atoms with Gasteiger partial charge in [-0.05, 0) is 39.5 Å². The Morgan fingerprint density at radius 1 is 1.22 bits per heavy atom. The van der Waals surface area contributed by atoms with Gasteiger partial charge in [0.15, 0.2) is 5.96 Å². The Morgan fingerprint density at radius 2 is 1.89 bits per heavy atom. The number of carbonyl (C=O) groups excluding carboxylic acids is 1. The first kappa shape index (κ1) is 24.4. The molecule has 2 atom stereocenters. The van der Waals surface area contributed by atoms with Crippen molar-refractivity contribution in [2.45, 2.75) is 39.2 Å². The zero-order valence-corrected chi connectivity index (χ0v) is 20.0. The number of aliphatic imine (C=N–C) groups is 1. The molecule has 0 amide bonds. The van der Waals surface area contributed by atoms with Crippen LogP contribution in [0.15, 0.2) is 4.99 Å². The lowest BCUT2D eigenvalue weighted by atomic mass is 10.1. The molecule has 2 rings (SSSR count). The van der Waals surface area contributed by atoms with Crippen LogP contribution >= 0.6 is 24.0 Å². The molecule has 0 spiro atoms. The molecule has 2 fully saturated rings. The third-order valence-corrected chi connectivity index (χ3v) is 5.98. The quantitative estimate of drug-likeness (QED) is 0.261. The van der Waals surface area contributed by atoms with Gasteiger partial charge in [-0.1, -0.05) is 0 Å². The van der Waals surface area contributed by atoms with Crippen LogP contribution in [0.1, 0.15) is 33.6 Å². The SMILES string of the molecule is CN=C(NCC1CCN(S(C)(=O)=O)C1)N1CCC(C(=O)OC(C)(C)C)C1.I. The van der Waals surface area contributed by atoms with Crippen LogP contribution in [0.2, 0.25) is 0 Å². The summed E-state index contributed by atoms with van der Waals surface area (Å²) in [6.07, 6.45) is 2.85. The Morgan fingerprint density at radius 3 is 2.41 bits per heavy atom. The second kappa shape index (κ2) is 9.73. The molecule has 158 valence electrons. The van der Waals surface area contributed by atoms with E-state index in [2.05, 4.69) is 15.2 Å². The summed E-state index contributed by atoms with van der Waals surface area (Å²) in [6, 6.07) is 0. The minimum atomic E-state index is -3.11. The van der Waals surface area contributed by atoms with E-state index in [-0.39, 0.29) is 41.8 Å². The highest BCUT2D eigenvalue weighted by Crippen LogP contribution is 2.21. The molecular formula is C17H33IN4O4S. The minimum absolute atomic E-state index is 0. The van der Waals surface area contributed by atoms with E-state index >= 15 is 0 Å². The number of esters is 1. The number of hydrogen-bond donors (Lipinski definition) is 1. The van der Waals surface area contributed by atoms with E-state index in [0.29, 0.717) is 26.2 Å². The molecule has 0 aromatic heterocycles. The van der Waals surface area contributed by atoms with Crippen LogP contribution in [0, 0.1) is 11.8 Å². The van der Waals surface area contributed by atoms with E-state index in [1.165, 1.54) is 10.6 Å². The zero-order chi connectivity index (χ0) is 19.5. The number of ether oxygens (including phenoxy) is 1. The maximum absolute atomic E-state index is 12.2. The molecule has 27 heavy (non-hydrogen) atoms. The van der Waals surface area contributed by atoms with Gasteiger partial charge in [-0.25, -0.2) is 12.7 Å². The third-order valence-electron chi connectivity index (χ3n) is 4.71. The summed E-state index contributed by atoms with van der Waals surface area (Å²) < 4.78 is 30.2. The van der Waals surface area contributed by atoms with Gasteiger partial charge in [-0.15, -0.1) is 24.0 Å². The number of nitrogens with zero attached hydrogens (tertiary/aromatic N) is 3. The number of hydrogen-bond acceptors (Lipinski definition) is 5. The summed E-state index contributed by atoms with van der Waals surface area (Å²) in [5.74, 6) is 0.731. The van der Waals surface area contributed by atoms with E-state index < -0.39 is 15.6 Å². The number of nitrogens with one attached hydrogen (secondary N) is 1. The Kier molecular flexibility index (Phi) is 8.80. The van der Waals surface area contributed by atoms with Crippen molar-refractivity contribution in [3.63, 3.8) is 0 Å². The lowest BCUT2D eigenvalue weighted by Gasteiger charge is -2.24. The van der Waals surface area contributed by atoms with Gasteiger partial charge in [0, 0.05) is 39.8 Å². The summed E-state index contributed by atoms with van der Waals surface area (Å²) in [4.78, 5) is 18.6. The summed E-state index contributed by atoms with van der Waals surface area (Å²) in [5.41, 5.74) is -0.474. The fourth-order valence-corrected chi connectivity index (χ4v) is 4.28. The Balaban J connectivity index is 0.00000364. The Bertz CT molecular complexity index is 648. The third kappa shape index (κ3) is 7.37. The number of carbonyl (C=O) groups is 1. The zero-order valence-electron chi connectivity index (χ0n) is 16.9. The smallest absolute Gasteiger partial charge is 0.311 e. The van der Waals surface area contributed by atoms with Gasteiger partial charge in [0.2, 0.25) is 10.0 Å². The molecular weight excluding hydrogens is 483 g/mol. The van der Waals surface area contributed by atoms with Gasteiger partial charge in [0.05, 0.1) is 12.2 Å². The van der Waals surface area contributed by atoms with Crippen molar-refractivity contribution in [3.8, 4) is 0 Å². The van der Waals surface area contributed by atoms with Crippen LogP contribution in [0.5, 0.6) is 0 Å². The largest absolute Gasteiger partial charge is 0.460 e. The van der Waals surface area contributed by atoms with Gasteiger partial charge in [0.25, 0.3) is 0 Å². The fraction of sp³-hybridized carbons (Fsp3) is 0.882. The van der Waals surface area contributed by atoms with E-state index in [9.17, 15) is 13.2 Å². The number of guanidine groups is 1. The molecule has 0 aliphatic carbocycles. The highest BCUT2D eigenvalue weighted by molar-refractivity contribution is 14.0. The normalized spacial score (nSPS) is 24.6. The standard InChI is InChI=1S/C17H32N4O4S.HI/c1-17(2,3)25-15(22)14-7-8-20(12-14)16(18-4)19-10-13-6-9-21(11-13)26(5,23)24;/h13-14H,6-12H2,1-5H3,(H,18,19);1H. The van der Waals surface area contributed by atoms with Crippen LogP contribution in [0.4, 0.5) is 0 Å². The molecule has 2 aliphatic rings. The minimum Gasteiger partial charge on any atom is -0.460 e. The number of halogens is 1. The maximum Gasteiger partial charge on any atom is 0.311 e. The first-order chi connectivity index (χ1) is 12.0. The van der Waals surface area contributed by atoms with E-state index in [0.717, 1.165) is 25.3 Å². The fourth-order valence-electron chi connectivity index (χ4n) is 3.36. The summed E-state index contributed by atoms with van der Waals surface area (Å²) in [5, 5.41) is 3.34. The molecule has 8 nitrogen and oxygen atoms in total. The number of rotatable bonds is 4. The van der Waals surface area contributed by atoms with Crippen molar-refractivity contribution in [3.05, 3.63) is 0 Å². The van der Waals surface area contributed by atoms with Gasteiger partial charge >= 0.3 is 5.97 Å². The summed E-state index contributed by atoms with van der Waals surface area (Å²) >= 11 is 0. The second-order valence-corrected chi connectivity index (χ2v) is 10.2. The van der Waals surface area contributed by atoms with Crippen LogP contribution < -0.4 is 5.32 Å². The molecule has 2 aliphatic heterocycles. The van der Waals surface area contributed by atoms with Crippen molar-refractivity contribution in [2.75, 3.05) is 46.0 Å². The topological polar surface area (TPSA) is 91.3 Å². The average molecular weight is 516 g/mol. The molecule has 0 radical (unpaired) electrons. The van der Waals surface area contributed by atoms with Gasteiger partial charge < -0.3 is 15.0 Å². The van der Waals surface area contributed by atoms with Crippen molar-refractivity contribution in [2.24, 2.45) is 16.8 Å². The van der Waals surface area contributed by atoms with E-state index in [1.807, 2.05) is 20.8 Å². The van der Waals surface area contributed by atoms with E-state index in [1.54, 1.807) is 7.05 Å². The molecule has 10 heteroatoms. The van der Waals surface area contributed by atoms with Crippen LogP contribution in [-0.2, 0) is 19.6 Å². The number of likely N-dealkylation sites (tertiary alicyclic amines) is 1. The molecule has 2 saturated heterocycles. The molecule has 0 aromatic rings. The van der Waals surface area contributed by atoms with Crippen molar-refractivity contribution in [1.29, 1.82) is 0 Å². The highest BCUT2D eigenvalue weighted by Gasteiger charge is 2.34. The van der Waals surface area contributed by atoms with Crippen molar-refractivity contribution in [1.82, 2.24) is 14.5 Å². The van der Waals surface area contributed by atoms with E-state index in [4.69, 9.17) is 4.74 Å².